The van der Waals surface area contributed by atoms with Crippen molar-refractivity contribution >= 4 is 5.91 Å². The highest BCUT2D eigenvalue weighted by Gasteiger charge is 2.33. The molecule has 3 rings (SSSR count). The van der Waals surface area contributed by atoms with Crippen molar-refractivity contribution in [2.45, 2.75) is 56.3 Å². The zero-order valence-electron chi connectivity index (χ0n) is 12.2. The summed E-state index contributed by atoms with van der Waals surface area (Å²) in [6, 6.07) is -0.278. The van der Waals surface area contributed by atoms with Crippen molar-refractivity contribution in [1.29, 1.82) is 0 Å². The topological polar surface area (TPSA) is 84.3 Å². The maximum atomic E-state index is 12.2. The van der Waals surface area contributed by atoms with Crippen LogP contribution in [0.15, 0.2) is 12.4 Å². The van der Waals surface area contributed by atoms with Gasteiger partial charge in [0.25, 0.3) is 5.91 Å². The summed E-state index contributed by atoms with van der Waals surface area (Å²) in [5.41, 5.74) is 0.436. The number of aliphatic hydroxyl groups excluding tert-OH is 1. The second-order valence-electron chi connectivity index (χ2n) is 5.88. The molecule has 6 nitrogen and oxygen atoms in total. The molecule has 0 aliphatic heterocycles. The Labute approximate surface area is 123 Å². The van der Waals surface area contributed by atoms with Crippen molar-refractivity contribution < 1.29 is 14.6 Å². The fourth-order valence-corrected chi connectivity index (χ4v) is 2.81. The molecule has 1 heterocycles. The minimum Gasteiger partial charge on any atom is -0.388 e. The average Bonchev–Trinajstić information content (AvgIpc) is 3.34. The number of carbonyl (C=O) groups excluding carboxylic acids is 1. The molecule has 0 unspecified atom stereocenters. The van der Waals surface area contributed by atoms with E-state index < -0.39 is 6.10 Å². The van der Waals surface area contributed by atoms with Crippen LogP contribution in [-0.4, -0.2) is 46.3 Å². The zero-order valence-corrected chi connectivity index (χ0v) is 12.2. The van der Waals surface area contributed by atoms with Crippen molar-refractivity contribution in [2.24, 2.45) is 0 Å². The van der Waals surface area contributed by atoms with E-state index in [0.29, 0.717) is 11.5 Å². The van der Waals surface area contributed by atoms with Crippen LogP contribution in [0.25, 0.3) is 0 Å². The highest BCUT2D eigenvalue weighted by atomic mass is 16.5. The van der Waals surface area contributed by atoms with E-state index in [0.717, 1.165) is 37.9 Å². The Morgan fingerprint density at radius 3 is 2.62 bits per heavy atom. The molecule has 3 atom stereocenters. The number of hydrogen-bond donors (Lipinski definition) is 2. The molecule has 2 fully saturated rings. The summed E-state index contributed by atoms with van der Waals surface area (Å²) in [4.78, 5) is 20.7. The molecular formula is C15H21N3O3. The number of aliphatic hydroxyl groups is 1. The molecule has 21 heavy (non-hydrogen) atoms. The molecule has 2 aliphatic carbocycles. The summed E-state index contributed by atoms with van der Waals surface area (Å²) in [5.74, 6) is 1.06. The van der Waals surface area contributed by atoms with Gasteiger partial charge in [0.05, 0.1) is 17.7 Å². The second-order valence-corrected chi connectivity index (χ2v) is 5.88. The molecule has 1 aromatic heterocycles. The Bertz CT molecular complexity index is 501. The maximum absolute atomic E-state index is 12.2. The van der Waals surface area contributed by atoms with E-state index in [1.165, 1.54) is 0 Å². The number of hydrogen-bond acceptors (Lipinski definition) is 5. The number of methoxy groups -OCH3 is 1. The van der Waals surface area contributed by atoms with Crippen molar-refractivity contribution in [1.82, 2.24) is 15.3 Å². The van der Waals surface area contributed by atoms with Crippen LogP contribution in [0.1, 0.15) is 54.2 Å². The molecule has 0 aromatic carbocycles. The molecule has 114 valence electrons. The number of nitrogens with zero attached hydrogens (tertiary/aromatic N) is 2. The minimum atomic E-state index is -0.667. The molecule has 0 radical (unpaired) electrons. The first kappa shape index (κ1) is 14.4. The van der Waals surface area contributed by atoms with Gasteiger partial charge in [-0.1, -0.05) is 0 Å². The third kappa shape index (κ3) is 3.22. The highest BCUT2D eigenvalue weighted by Crippen LogP contribution is 2.37. The highest BCUT2D eigenvalue weighted by molar-refractivity contribution is 5.93. The molecule has 6 heteroatoms. The van der Waals surface area contributed by atoms with Crippen LogP contribution >= 0.6 is 0 Å². The summed E-state index contributed by atoms with van der Waals surface area (Å²) in [7, 11) is 1.59. The summed E-state index contributed by atoms with van der Waals surface area (Å²) in [6.45, 7) is 0. The van der Waals surface area contributed by atoms with Gasteiger partial charge in [0.2, 0.25) is 0 Å². The van der Waals surface area contributed by atoms with Crippen LogP contribution in [0.2, 0.25) is 0 Å². The maximum Gasteiger partial charge on any atom is 0.254 e. The molecule has 2 aliphatic rings. The van der Waals surface area contributed by atoms with Gasteiger partial charge in [0, 0.05) is 25.4 Å². The van der Waals surface area contributed by atoms with Crippen molar-refractivity contribution in [3.8, 4) is 0 Å². The lowest BCUT2D eigenvalue weighted by Gasteiger charge is -2.34. The first-order chi connectivity index (χ1) is 10.2. The average molecular weight is 291 g/mol. The van der Waals surface area contributed by atoms with Gasteiger partial charge in [0.15, 0.2) is 0 Å². The molecule has 1 aromatic rings. The number of carbonyl (C=O) groups is 1. The van der Waals surface area contributed by atoms with Gasteiger partial charge in [-0.05, 0) is 32.1 Å². The Hall–Kier alpha value is -1.53. The summed E-state index contributed by atoms with van der Waals surface area (Å²) in [6.07, 6.45) is 7.04. The van der Waals surface area contributed by atoms with E-state index in [4.69, 9.17) is 4.74 Å². The van der Waals surface area contributed by atoms with Crippen LogP contribution in [0.5, 0.6) is 0 Å². The molecule has 2 N–H and O–H groups in total. The monoisotopic (exact) mass is 291 g/mol. The van der Waals surface area contributed by atoms with Gasteiger partial charge in [0.1, 0.15) is 11.9 Å². The van der Waals surface area contributed by atoms with E-state index in [1.54, 1.807) is 19.5 Å². The smallest absolute Gasteiger partial charge is 0.254 e. The summed E-state index contributed by atoms with van der Waals surface area (Å²) < 4.78 is 5.24. The number of ether oxygens (including phenoxy) is 1. The lowest BCUT2D eigenvalue weighted by atomic mass is 9.90. The Morgan fingerprint density at radius 2 is 2.00 bits per heavy atom. The molecule has 0 bridgehead atoms. The molecule has 0 spiro atoms. The zero-order chi connectivity index (χ0) is 14.8. The van der Waals surface area contributed by atoms with Gasteiger partial charge in [-0.25, -0.2) is 9.97 Å². The van der Waals surface area contributed by atoms with E-state index in [-0.39, 0.29) is 18.1 Å². The summed E-state index contributed by atoms with van der Waals surface area (Å²) >= 11 is 0. The van der Waals surface area contributed by atoms with Crippen molar-refractivity contribution in [3.63, 3.8) is 0 Å². The van der Waals surface area contributed by atoms with Crippen molar-refractivity contribution in [3.05, 3.63) is 23.8 Å². The van der Waals surface area contributed by atoms with Crippen LogP contribution in [0, 0.1) is 0 Å². The summed E-state index contributed by atoms with van der Waals surface area (Å²) in [5, 5.41) is 13.0. The van der Waals surface area contributed by atoms with Gasteiger partial charge >= 0.3 is 0 Å². The van der Waals surface area contributed by atoms with Crippen LogP contribution in [0.4, 0.5) is 0 Å². The lowest BCUT2D eigenvalue weighted by molar-refractivity contribution is -0.0513. The lowest BCUT2D eigenvalue weighted by Crippen LogP contribution is -2.51. The van der Waals surface area contributed by atoms with Crippen molar-refractivity contribution in [2.75, 3.05) is 7.11 Å². The van der Waals surface area contributed by atoms with Gasteiger partial charge in [-0.3, -0.25) is 4.79 Å². The Kier molecular flexibility index (Phi) is 4.17. The molecule has 1 amide bonds. The second kappa shape index (κ2) is 6.07. The SMILES string of the molecule is CO[C@@H]1CCC[C@@H](NC(=O)c2cnc(C3CC3)nc2)[C@H]1O. The largest absolute Gasteiger partial charge is 0.388 e. The number of rotatable bonds is 4. The number of amides is 1. The van der Waals surface area contributed by atoms with Gasteiger partial charge < -0.3 is 15.2 Å². The number of nitrogens with one attached hydrogen (secondary N) is 1. The van der Waals surface area contributed by atoms with E-state index in [1.807, 2.05) is 0 Å². The first-order valence-corrected chi connectivity index (χ1v) is 7.52. The van der Waals surface area contributed by atoms with E-state index >= 15 is 0 Å². The number of aromatic nitrogens is 2. The predicted molar refractivity (Wildman–Crippen MR) is 75.9 cm³/mol. The molecule has 2 saturated carbocycles. The normalized spacial score (nSPS) is 29.1. The van der Waals surface area contributed by atoms with E-state index in [9.17, 15) is 9.90 Å². The third-order valence-electron chi connectivity index (χ3n) is 4.29. The Morgan fingerprint density at radius 1 is 1.29 bits per heavy atom. The Balaban J connectivity index is 1.62. The minimum absolute atomic E-state index is 0.211. The predicted octanol–water partition coefficient (Wildman–Crippen LogP) is 1.01. The molecule has 0 saturated heterocycles. The van der Waals surface area contributed by atoms with Crippen LogP contribution < -0.4 is 5.32 Å². The molecular weight excluding hydrogens is 270 g/mol. The third-order valence-corrected chi connectivity index (χ3v) is 4.29. The fraction of sp³-hybridized carbons (Fsp3) is 0.667. The van der Waals surface area contributed by atoms with Gasteiger partial charge in [-0.15, -0.1) is 0 Å². The fourth-order valence-electron chi connectivity index (χ4n) is 2.81. The quantitative estimate of drug-likeness (QED) is 0.865. The van der Waals surface area contributed by atoms with E-state index in [2.05, 4.69) is 15.3 Å². The van der Waals surface area contributed by atoms with Gasteiger partial charge in [-0.2, -0.15) is 0 Å². The van der Waals surface area contributed by atoms with Crippen LogP contribution in [-0.2, 0) is 4.74 Å². The first-order valence-electron chi connectivity index (χ1n) is 7.52. The standard InChI is InChI=1S/C15H21N3O3/c1-21-12-4-2-3-11(13(12)19)18-15(20)10-7-16-14(17-8-10)9-5-6-9/h7-9,11-13,19H,2-6H2,1H3,(H,18,20)/t11-,12-,13-/m1/s1. The van der Waals surface area contributed by atoms with Crippen LogP contribution in [0.3, 0.4) is 0 Å².